The Morgan fingerprint density at radius 1 is 1.03 bits per heavy atom. The standard InChI is InChI=1S/C25H27N3O6/c1-25(2,3)34-22(29)15-28-21-13-9-8-12-18(21)19(27-28)14-20(23(30)32-4)26-24(31)33-16-17-10-6-5-7-11-17/h5-14H,15-16H2,1-4H3,(H,26,31)/b20-14+. The van der Waals surface area contributed by atoms with Gasteiger partial charge in [0.15, 0.2) is 0 Å². The summed E-state index contributed by atoms with van der Waals surface area (Å²) in [6, 6.07) is 16.3. The summed E-state index contributed by atoms with van der Waals surface area (Å²) in [5.74, 6) is -1.23. The molecular weight excluding hydrogens is 438 g/mol. The van der Waals surface area contributed by atoms with Gasteiger partial charge in [-0.15, -0.1) is 0 Å². The Bertz CT molecular complexity index is 1210. The van der Waals surface area contributed by atoms with Gasteiger partial charge in [-0.3, -0.25) is 14.8 Å². The smallest absolute Gasteiger partial charge is 0.412 e. The molecule has 0 radical (unpaired) electrons. The average Bonchev–Trinajstić information content (AvgIpc) is 3.13. The van der Waals surface area contributed by atoms with Gasteiger partial charge >= 0.3 is 18.0 Å². The van der Waals surface area contributed by atoms with Crippen molar-refractivity contribution in [3.63, 3.8) is 0 Å². The van der Waals surface area contributed by atoms with Crippen LogP contribution < -0.4 is 5.32 Å². The zero-order chi connectivity index (χ0) is 24.7. The zero-order valence-electron chi connectivity index (χ0n) is 19.5. The van der Waals surface area contributed by atoms with Gasteiger partial charge in [-0.25, -0.2) is 9.59 Å². The third-order valence-electron chi connectivity index (χ3n) is 4.52. The van der Waals surface area contributed by atoms with Crippen molar-refractivity contribution in [1.82, 2.24) is 15.1 Å². The number of methoxy groups -OCH3 is 1. The fraction of sp³-hybridized carbons (Fsp3) is 0.280. The first-order chi connectivity index (χ1) is 16.2. The molecule has 0 fully saturated rings. The summed E-state index contributed by atoms with van der Waals surface area (Å²) in [5, 5.41) is 7.55. The molecule has 0 aliphatic rings. The monoisotopic (exact) mass is 465 g/mol. The molecule has 0 saturated carbocycles. The molecule has 0 aliphatic heterocycles. The molecule has 34 heavy (non-hydrogen) atoms. The fourth-order valence-corrected chi connectivity index (χ4v) is 3.14. The molecule has 1 heterocycles. The first-order valence-electron chi connectivity index (χ1n) is 10.6. The summed E-state index contributed by atoms with van der Waals surface area (Å²) < 4.78 is 16.9. The maximum absolute atomic E-state index is 12.3. The number of fused-ring (bicyclic) bond motifs is 1. The predicted molar refractivity (Wildman–Crippen MR) is 125 cm³/mol. The quantitative estimate of drug-likeness (QED) is 0.321. The van der Waals surface area contributed by atoms with Crippen molar-refractivity contribution in [2.45, 2.75) is 39.5 Å². The van der Waals surface area contributed by atoms with E-state index in [1.807, 2.05) is 36.4 Å². The van der Waals surface area contributed by atoms with Crippen LogP contribution >= 0.6 is 0 Å². The van der Waals surface area contributed by atoms with Crippen LogP contribution in [0.5, 0.6) is 0 Å². The van der Waals surface area contributed by atoms with E-state index >= 15 is 0 Å². The third-order valence-corrected chi connectivity index (χ3v) is 4.52. The van der Waals surface area contributed by atoms with Gasteiger partial charge in [0.05, 0.1) is 18.3 Å². The molecule has 2 aromatic carbocycles. The minimum absolute atomic E-state index is 0.0363. The molecule has 9 heteroatoms. The van der Waals surface area contributed by atoms with Crippen LogP contribution in [0.3, 0.4) is 0 Å². The third kappa shape index (κ3) is 6.68. The van der Waals surface area contributed by atoms with Crippen molar-refractivity contribution in [1.29, 1.82) is 0 Å². The largest absolute Gasteiger partial charge is 0.464 e. The number of esters is 2. The Hall–Kier alpha value is -4.14. The van der Waals surface area contributed by atoms with Gasteiger partial charge in [0, 0.05) is 5.39 Å². The van der Waals surface area contributed by atoms with Gasteiger partial charge < -0.3 is 14.2 Å². The Morgan fingerprint density at radius 2 is 1.71 bits per heavy atom. The highest BCUT2D eigenvalue weighted by Gasteiger charge is 2.20. The molecule has 3 aromatic rings. The first kappa shape index (κ1) is 24.5. The number of para-hydroxylation sites is 1. The number of amides is 1. The average molecular weight is 466 g/mol. The minimum Gasteiger partial charge on any atom is -0.464 e. The molecule has 1 aromatic heterocycles. The summed E-state index contributed by atoms with van der Waals surface area (Å²) in [6.07, 6.45) is 0.557. The lowest BCUT2D eigenvalue weighted by atomic mass is 10.2. The lowest BCUT2D eigenvalue weighted by molar-refractivity contribution is -0.155. The van der Waals surface area contributed by atoms with E-state index in [9.17, 15) is 14.4 Å². The number of carbonyl (C=O) groups excluding carboxylic acids is 3. The molecule has 0 unspecified atom stereocenters. The molecule has 0 saturated heterocycles. The van der Waals surface area contributed by atoms with Crippen LogP contribution in [0.4, 0.5) is 4.79 Å². The Balaban J connectivity index is 1.85. The number of nitrogens with zero attached hydrogens (tertiary/aromatic N) is 2. The molecule has 0 aliphatic carbocycles. The molecule has 178 valence electrons. The highest BCUT2D eigenvalue weighted by Crippen LogP contribution is 2.21. The van der Waals surface area contributed by atoms with Gasteiger partial charge in [-0.05, 0) is 38.5 Å². The summed E-state index contributed by atoms with van der Waals surface area (Å²) in [7, 11) is 1.20. The summed E-state index contributed by atoms with van der Waals surface area (Å²) in [4.78, 5) is 37.0. The maximum atomic E-state index is 12.3. The van der Waals surface area contributed by atoms with Gasteiger partial charge in [-0.2, -0.15) is 5.10 Å². The second-order valence-corrected chi connectivity index (χ2v) is 8.38. The number of hydrogen-bond acceptors (Lipinski definition) is 7. The van der Waals surface area contributed by atoms with Gasteiger partial charge in [0.1, 0.15) is 24.4 Å². The maximum Gasteiger partial charge on any atom is 0.412 e. The molecule has 9 nitrogen and oxygen atoms in total. The molecule has 1 amide bonds. The van der Waals surface area contributed by atoms with Crippen LogP contribution in [-0.2, 0) is 37.0 Å². The molecular formula is C25H27N3O6. The summed E-state index contributed by atoms with van der Waals surface area (Å²) >= 11 is 0. The summed E-state index contributed by atoms with van der Waals surface area (Å²) in [5.41, 5.74) is 1.03. The van der Waals surface area contributed by atoms with E-state index in [1.165, 1.54) is 17.9 Å². The molecule has 3 rings (SSSR count). The van der Waals surface area contributed by atoms with Crippen LogP contribution in [0.25, 0.3) is 17.0 Å². The Kier molecular flexibility index (Phi) is 7.68. The number of hydrogen-bond donors (Lipinski definition) is 1. The number of ether oxygens (including phenoxy) is 3. The minimum atomic E-state index is -0.821. The normalized spacial score (nSPS) is 11.7. The van der Waals surface area contributed by atoms with E-state index in [0.717, 1.165) is 5.56 Å². The summed E-state index contributed by atoms with van der Waals surface area (Å²) in [6.45, 7) is 5.27. The second-order valence-electron chi connectivity index (χ2n) is 8.38. The van der Waals surface area contributed by atoms with Crippen LogP contribution in [0.2, 0.25) is 0 Å². The van der Waals surface area contributed by atoms with E-state index in [-0.39, 0.29) is 18.8 Å². The second kappa shape index (κ2) is 10.7. The number of alkyl carbamates (subject to hydrolysis) is 1. The van der Waals surface area contributed by atoms with Crippen molar-refractivity contribution in [3.05, 3.63) is 71.6 Å². The van der Waals surface area contributed by atoms with Gasteiger partial charge in [-0.1, -0.05) is 48.5 Å². The van der Waals surface area contributed by atoms with Crippen LogP contribution in [-0.4, -0.2) is 40.5 Å². The fourth-order valence-electron chi connectivity index (χ4n) is 3.14. The van der Waals surface area contributed by atoms with Crippen molar-refractivity contribution in [3.8, 4) is 0 Å². The Labute approximate surface area is 197 Å². The molecule has 0 bridgehead atoms. The van der Waals surface area contributed by atoms with E-state index in [1.54, 1.807) is 39.0 Å². The SMILES string of the molecule is COC(=O)/C(=C\c1nn(CC(=O)OC(C)(C)C)c2ccccc12)NC(=O)OCc1ccccc1. The number of aromatic nitrogens is 2. The van der Waals surface area contributed by atoms with Gasteiger partial charge in [0.25, 0.3) is 0 Å². The first-order valence-corrected chi connectivity index (χ1v) is 10.6. The van der Waals surface area contributed by atoms with E-state index in [0.29, 0.717) is 16.6 Å². The molecule has 0 atom stereocenters. The number of carbonyl (C=O) groups is 3. The predicted octanol–water partition coefficient (Wildman–Crippen LogP) is 3.82. The van der Waals surface area contributed by atoms with Crippen molar-refractivity contribution in [2.75, 3.05) is 7.11 Å². The lowest BCUT2D eigenvalue weighted by Gasteiger charge is -2.19. The van der Waals surface area contributed by atoms with Gasteiger partial charge in [0.2, 0.25) is 0 Å². The van der Waals surface area contributed by atoms with Crippen LogP contribution in [0.1, 0.15) is 32.0 Å². The zero-order valence-corrected chi connectivity index (χ0v) is 19.5. The van der Waals surface area contributed by atoms with Crippen LogP contribution in [0, 0.1) is 0 Å². The number of rotatable bonds is 7. The number of nitrogens with one attached hydrogen (secondary N) is 1. The number of benzene rings is 2. The van der Waals surface area contributed by atoms with E-state index < -0.39 is 23.6 Å². The molecule has 0 spiro atoms. The van der Waals surface area contributed by atoms with E-state index in [2.05, 4.69) is 10.4 Å². The highest BCUT2D eigenvalue weighted by atomic mass is 16.6. The highest BCUT2D eigenvalue weighted by molar-refractivity contribution is 5.99. The molecule has 1 N–H and O–H groups in total. The topological polar surface area (TPSA) is 109 Å². The Morgan fingerprint density at radius 3 is 2.38 bits per heavy atom. The van der Waals surface area contributed by atoms with Crippen molar-refractivity contribution < 1.29 is 28.6 Å². The van der Waals surface area contributed by atoms with E-state index in [4.69, 9.17) is 14.2 Å². The van der Waals surface area contributed by atoms with Crippen LogP contribution in [0.15, 0.2) is 60.3 Å². The van der Waals surface area contributed by atoms with Crippen molar-refractivity contribution in [2.24, 2.45) is 0 Å². The lowest BCUT2D eigenvalue weighted by Crippen LogP contribution is -2.28. The van der Waals surface area contributed by atoms with Crippen molar-refractivity contribution >= 4 is 35.0 Å².